The zero-order valence-corrected chi connectivity index (χ0v) is 21.8. The van der Waals surface area contributed by atoms with Crippen LogP contribution < -0.4 is 14.4 Å². The van der Waals surface area contributed by atoms with Crippen LogP contribution in [0.5, 0.6) is 5.75 Å². The molecule has 3 aromatic rings. The maximum atomic E-state index is 12.7. The summed E-state index contributed by atoms with van der Waals surface area (Å²) in [7, 11) is -2.25. The zero-order chi connectivity index (χ0) is 25.7. The number of nitrogens with one attached hydrogen (secondary N) is 1. The molecular weight excluding hydrogens is 500 g/mol. The number of ether oxygens (including phenoxy) is 1. The van der Waals surface area contributed by atoms with E-state index in [0.29, 0.717) is 42.9 Å². The molecule has 2 aromatic carbocycles. The number of ketones is 1. The fourth-order valence-corrected chi connectivity index (χ4v) is 5.91. The monoisotopic (exact) mass is 528 g/mol. The predicted molar refractivity (Wildman–Crippen MR) is 139 cm³/mol. The Morgan fingerprint density at radius 2 is 1.69 bits per heavy atom. The Labute approximate surface area is 214 Å². The van der Waals surface area contributed by atoms with Gasteiger partial charge in [0.05, 0.1) is 17.7 Å². The van der Waals surface area contributed by atoms with E-state index in [2.05, 4.69) is 14.6 Å². The van der Waals surface area contributed by atoms with E-state index in [9.17, 15) is 18.0 Å². The Kier molecular flexibility index (Phi) is 7.90. The first kappa shape index (κ1) is 25.6. The number of hydrogen-bond acceptors (Lipinski definition) is 8. The van der Waals surface area contributed by atoms with Crippen molar-refractivity contribution in [3.63, 3.8) is 0 Å². The van der Waals surface area contributed by atoms with E-state index < -0.39 is 10.0 Å². The van der Waals surface area contributed by atoms with E-state index in [1.807, 2.05) is 29.2 Å². The van der Waals surface area contributed by atoms with Gasteiger partial charge in [-0.25, -0.2) is 13.4 Å². The number of piperazine rings is 1. The Bertz CT molecular complexity index is 1310. The van der Waals surface area contributed by atoms with Gasteiger partial charge in [0.25, 0.3) is 10.0 Å². The summed E-state index contributed by atoms with van der Waals surface area (Å²) in [5, 5.41) is 2.03. The molecule has 2 heterocycles. The molecule has 1 aromatic heterocycles. The lowest BCUT2D eigenvalue weighted by Crippen LogP contribution is -2.48. The van der Waals surface area contributed by atoms with Gasteiger partial charge in [-0.05, 0) is 61.9 Å². The van der Waals surface area contributed by atoms with E-state index in [4.69, 9.17) is 4.74 Å². The smallest absolute Gasteiger partial charge is 0.263 e. The van der Waals surface area contributed by atoms with Gasteiger partial charge in [-0.2, -0.15) is 0 Å². The van der Waals surface area contributed by atoms with Crippen molar-refractivity contribution < 1.29 is 22.7 Å². The summed E-state index contributed by atoms with van der Waals surface area (Å²) < 4.78 is 32.7. The summed E-state index contributed by atoms with van der Waals surface area (Å²) in [6, 6.07) is 13.6. The number of hydrogen-bond donors (Lipinski definition) is 1. The number of rotatable bonds is 9. The number of amides is 1. The van der Waals surface area contributed by atoms with Crippen LogP contribution in [0.15, 0.2) is 58.8 Å². The number of benzene rings is 2. The second kappa shape index (κ2) is 11.1. The molecule has 36 heavy (non-hydrogen) atoms. The van der Waals surface area contributed by atoms with Gasteiger partial charge in [0, 0.05) is 49.2 Å². The predicted octanol–water partition coefficient (Wildman–Crippen LogP) is 3.44. The third-order valence-corrected chi connectivity index (χ3v) is 8.30. The van der Waals surface area contributed by atoms with Crippen LogP contribution in [0.2, 0.25) is 0 Å². The van der Waals surface area contributed by atoms with E-state index in [0.717, 1.165) is 18.8 Å². The van der Waals surface area contributed by atoms with Crippen molar-refractivity contribution in [2.24, 2.45) is 0 Å². The number of methoxy groups -OCH3 is 1. The largest absolute Gasteiger partial charge is 0.497 e. The topological polar surface area (TPSA) is 109 Å². The van der Waals surface area contributed by atoms with Crippen molar-refractivity contribution >= 4 is 43.9 Å². The summed E-state index contributed by atoms with van der Waals surface area (Å²) in [6.45, 7) is 4.24. The van der Waals surface area contributed by atoms with E-state index in [1.165, 1.54) is 30.6 Å². The van der Waals surface area contributed by atoms with Gasteiger partial charge in [0.2, 0.25) is 5.91 Å². The van der Waals surface area contributed by atoms with Crippen molar-refractivity contribution in [2.45, 2.75) is 24.7 Å². The quantitative estimate of drug-likeness (QED) is 0.424. The van der Waals surface area contributed by atoms with Crippen molar-refractivity contribution in [1.82, 2.24) is 9.88 Å². The molecule has 190 valence electrons. The van der Waals surface area contributed by atoms with Crippen LogP contribution in [0.1, 0.15) is 29.4 Å². The van der Waals surface area contributed by atoms with Gasteiger partial charge < -0.3 is 14.5 Å². The highest BCUT2D eigenvalue weighted by atomic mass is 32.2. The number of Topliss-reactive ketones (excluding diaryl/α,β-unsaturated/α-hetero) is 1. The molecule has 1 N–H and O–H groups in total. The third-order valence-electron chi connectivity index (χ3n) is 6.01. The number of nitrogens with zero attached hydrogens (tertiary/aromatic N) is 3. The molecule has 1 amide bonds. The molecular formula is C25H28N4O5S2. The van der Waals surface area contributed by atoms with Gasteiger partial charge in [-0.15, -0.1) is 11.3 Å². The number of aromatic nitrogens is 1. The SMILES string of the molecule is COc1ccc(S(=O)(=O)Nc2nc(CCC(=O)N3CCN(c4ccc(C(C)=O)cc4)CC3)cs2)cc1. The molecule has 9 nitrogen and oxygen atoms in total. The highest BCUT2D eigenvalue weighted by Crippen LogP contribution is 2.23. The second-order valence-electron chi connectivity index (χ2n) is 8.40. The summed E-state index contributed by atoms with van der Waals surface area (Å²) >= 11 is 1.19. The van der Waals surface area contributed by atoms with Crippen molar-refractivity contribution in [3.05, 3.63) is 65.2 Å². The molecule has 0 bridgehead atoms. The van der Waals surface area contributed by atoms with Crippen LogP contribution in [0.3, 0.4) is 0 Å². The van der Waals surface area contributed by atoms with Crippen LogP contribution in [0.25, 0.3) is 0 Å². The number of aryl methyl sites for hydroxylation is 1. The number of anilines is 2. The fourth-order valence-electron chi connectivity index (χ4n) is 3.91. The lowest BCUT2D eigenvalue weighted by Gasteiger charge is -2.36. The van der Waals surface area contributed by atoms with Gasteiger partial charge in [-0.1, -0.05) is 0 Å². The van der Waals surface area contributed by atoms with Crippen LogP contribution in [-0.2, 0) is 21.2 Å². The first-order chi connectivity index (χ1) is 17.2. The maximum absolute atomic E-state index is 12.7. The van der Waals surface area contributed by atoms with Crippen LogP contribution >= 0.6 is 11.3 Å². The minimum absolute atomic E-state index is 0.0406. The molecule has 0 saturated carbocycles. The molecule has 1 aliphatic heterocycles. The third kappa shape index (κ3) is 6.21. The van der Waals surface area contributed by atoms with Crippen molar-refractivity contribution in [2.75, 3.05) is 42.9 Å². The lowest BCUT2D eigenvalue weighted by molar-refractivity contribution is -0.131. The Morgan fingerprint density at radius 3 is 2.31 bits per heavy atom. The molecule has 1 aliphatic rings. The lowest BCUT2D eigenvalue weighted by atomic mass is 10.1. The highest BCUT2D eigenvalue weighted by molar-refractivity contribution is 7.93. The standard InChI is InChI=1S/C25H28N4O5S2/c1-18(30)19-3-6-21(7-4-19)28-13-15-29(16-14-28)24(31)12-5-20-17-35-25(26-20)27-36(32,33)23-10-8-22(34-2)9-11-23/h3-4,6-11,17H,5,12-16H2,1-2H3,(H,26,27). The summed E-state index contributed by atoms with van der Waals surface area (Å²) in [5.74, 6) is 0.661. The molecule has 11 heteroatoms. The number of sulfonamides is 1. The molecule has 1 fully saturated rings. The second-order valence-corrected chi connectivity index (χ2v) is 10.9. The van der Waals surface area contributed by atoms with Crippen molar-refractivity contribution in [3.8, 4) is 5.75 Å². The van der Waals surface area contributed by atoms with Gasteiger partial charge in [0.1, 0.15) is 5.75 Å². The van der Waals surface area contributed by atoms with E-state index in [1.54, 1.807) is 24.4 Å². The molecule has 0 unspecified atom stereocenters. The molecule has 0 atom stereocenters. The number of thiazole rings is 1. The zero-order valence-electron chi connectivity index (χ0n) is 20.1. The summed E-state index contributed by atoms with van der Waals surface area (Å²) in [6.07, 6.45) is 0.744. The molecule has 0 aliphatic carbocycles. The maximum Gasteiger partial charge on any atom is 0.263 e. The molecule has 1 saturated heterocycles. The minimum atomic E-state index is -3.76. The summed E-state index contributed by atoms with van der Waals surface area (Å²) in [5.41, 5.74) is 2.40. The van der Waals surface area contributed by atoms with Crippen molar-refractivity contribution in [1.29, 1.82) is 0 Å². The fraction of sp³-hybridized carbons (Fsp3) is 0.320. The number of carbonyl (C=O) groups excluding carboxylic acids is 2. The number of carbonyl (C=O) groups is 2. The molecule has 4 rings (SSSR count). The van der Waals surface area contributed by atoms with Gasteiger partial charge in [-0.3, -0.25) is 14.3 Å². The molecule has 0 spiro atoms. The first-order valence-electron chi connectivity index (χ1n) is 11.5. The van der Waals surface area contributed by atoms with E-state index in [-0.39, 0.29) is 21.7 Å². The Morgan fingerprint density at radius 1 is 1.03 bits per heavy atom. The summed E-state index contributed by atoms with van der Waals surface area (Å²) in [4.78, 5) is 32.7. The average Bonchev–Trinajstić information content (AvgIpc) is 3.34. The Balaban J connectivity index is 1.26. The highest BCUT2D eigenvalue weighted by Gasteiger charge is 2.22. The van der Waals surface area contributed by atoms with E-state index >= 15 is 0 Å². The van der Waals surface area contributed by atoms with Gasteiger partial charge >= 0.3 is 0 Å². The molecule has 0 radical (unpaired) electrons. The average molecular weight is 529 g/mol. The normalized spacial score (nSPS) is 13.9. The van der Waals surface area contributed by atoms with Crippen LogP contribution in [0.4, 0.5) is 10.8 Å². The van der Waals surface area contributed by atoms with Crippen LogP contribution in [-0.4, -0.2) is 63.3 Å². The first-order valence-corrected chi connectivity index (χ1v) is 13.9. The Hall–Kier alpha value is -3.44. The van der Waals surface area contributed by atoms with Gasteiger partial charge in [0.15, 0.2) is 10.9 Å². The minimum Gasteiger partial charge on any atom is -0.497 e. The van der Waals surface area contributed by atoms with Crippen LogP contribution in [0, 0.1) is 0 Å².